The highest BCUT2D eigenvalue weighted by atomic mass is 19.2. The van der Waals surface area contributed by atoms with Crippen molar-refractivity contribution in [1.82, 2.24) is 4.90 Å². The summed E-state index contributed by atoms with van der Waals surface area (Å²) >= 11 is 0. The van der Waals surface area contributed by atoms with Gasteiger partial charge in [-0.1, -0.05) is 0 Å². The van der Waals surface area contributed by atoms with Crippen molar-refractivity contribution < 1.29 is 31.9 Å². The van der Waals surface area contributed by atoms with Gasteiger partial charge in [-0.25, -0.2) is 22.0 Å². The van der Waals surface area contributed by atoms with E-state index in [2.05, 4.69) is 0 Å². The van der Waals surface area contributed by atoms with Gasteiger partial charge in [-0.15, -0.1) is 0 Å². The number of benzene rings is 1. The minimum atomic E-state index is -2.26. The second-order valence-corrected chi connectivity index (χ2v) is 4.48. The second kappa shape index (κ2) is 5.01. The first-order chi connectivity index (χ1) is 9.27. The third kappa shape index (κ3) is 2.04. The molecule has 0 aliphatic carbocycles. The van der Waals surface area contributed by atoms with E-state index in [1.807, 2.05) is 0 Å². The number of likely N-dealkylation sites (tertiary alicyclic amines) is 1. The van der Waals surface area contributed by atoms with Crippen LogP contribution in [0.15, 0.2) is 0 Å². The van der Waals surface area contributed by atoms with Crippen LogP contribution in [-0.2, 0) is 4.79 Å². The molecule has 3 nitrogen and oxygen atoms in total. The molecule has 0 saturated carbocycles. The Morgan fingerprint density at radius 1 is 1.05 bits per heavy atom. The number of nitrogens with zero attached hydrogens (tertiary/aromatic N) is 1. The quantitative estimate of drug-likeness (QED) is 0.517. The molecule has 2 rings (SSSR count). The number of halogens is 5. The molecule has 2 atom stereocenters. The van der Waals surface area contributed by atoms with E-state index in [4.69, 9.17) is 0 Å². The Bertz CT molecular complexity index is 548. The molecule has 1 unspecified atom stereocenters. The van der Waals surface area contributed by atoms with Crippen molar-refractivity contribution in [3.05, 3.63) is 34.6 Å². The van der Waals surface area contributed by atoms with Gasteiger partial charge in [0.05, 0.1) is 11.6 Å². The number of aliphatic hydroxyl groups is 1. The lowest BCUT2D eigenvalue weighted by Crippen LogP contribution is -2.36. The first-order valence-electron chi connectivity index (χ1n) is 5.78. The lowest BCUT2D eigenvalue weighted by atomic mass is 10.0. The molecule has 1 heterocycles. The number of hydrogen-bond donors (Lipinski definition) is 1. The number of rotatable bonds is 2. The highest BCUT2D eigenvalue weighted by Crippen LogP contribution is 2.34. The second-order valence-electron chi connectivity index (χ2n) is 4.48. The van der Waals surface area contributed by atoms with E-state index < -0.39 is 52.8 Å². The van der Waals surface area contributed by atoms with Gasteiger partial charge in [-0.05, 0) is 6.92 Å². The van der Waals surface area contributed by atoms with Gasteiger partial charge in [0.15, 0.2) is 23.3 Å². The van der Waals surface area contributed by atoms with Gasteiger partial charge in [0.2, 0.25) is 11.7 Å². The zero-order valence-corrected chi connectivity index (χ0v) is 10.3. The number of aliphatic hydroxyl groups excluding tert-OH is 1. The molecular formula is C12H10F5NO2. The number of hydrogen-bond acceptors (Lipinski definition) is 2. The summed E-state index contributed by atoms with van der Waals surface area (Å²) < 4.78 is 66.4. The average molecular weight is 295 g/mol. The van der Waals surface area contributed by atoms with Crippen LogP contribution in [0.25, 0.3) is 0 Å². The summed E-state index contributed by atoms with van der Waals surface area (Å²) in [7, 11) is 0. The zero-order chi connectivity index (χ0) is 15.2. The Kier molecular flexibility index (Phi) is 3.68. The van der Waals surface area contributed by atoms with Gasteiger partial charge in [0, 0.05) is 12.8 Å². The van der Waals surface area contributed by atoms with Crippen molar-refractivity contribution >= 4 is 5.91 Å². The molecule has 1 saturated heterocycles. The first kappa shape index (κ1) is 14.7. The standard InChI is InChI=1S/C12H10F5NO2/c1-4(18-5(19)2-3-6(18)20)7-8(13)10(15)12(17)11(16)9(7)14/h4-5,19H,2-3H2,1H3/t4-,5?/m0/s1. The van der Waals surface area contributed by atoms with Gasteiger partial charge in [-0.3, -0.25) is 4.79 Å². The molecule has 1 amide bonds. The van der Waals surface area contributed by atoms with E-state index in [1.165, 1.54) is 0 Å². The highest BCUT2D eigenvalue weighted by Gasteiger charge is 2.38. The third-order valence-corrected chi connectivity index (χ3v) is 3.30. The number of amides is 1. The molecule has 0 radical (unpaired) electrons. The average Bonchev–Trinajstić information content (AvgIpc) is 2.73. The van der Waals surface area contributed by atoms with E-state index in [0.717, 1.165) is 6.92 Å². The summed E-state index contributed by atoms with van der Waals surface area (Å²) in [5, 5.41) is 9.56. The molecule has 110 valence electrons. The van der Waals surface area contributed by atoms with Crippen molar-refractivity contribution in [2.24, 2.45) is 0 Å². The summed E-state index contributed by atoms with van der Waals surface area (Å²) in [4.78, 5) is 12.2. The fourth-order valence-electron chi connectivity index (χ4n) is 2.29. The van der Waals surface area contributed by atoms with Crippen molar-refractivity contribution in [3.63, 3.8) is 0 Å². The van der Waals surface area contributed by atoms with Crippen LogP contribution in [0.4, 0.5) is 22.0 Å². The molecule has 0 spiro atoms. The van der Waals surface area contributed by atoms with Crippen LogP contribution in [0, 0.1) is 29.1 Å². The Hall–Kier alpha value is -1.70. The molecule has 1 aliphatic rings. The fraction of sp³-hybridized carbons (Fsp3) is 0.417. The van der Waals surface area contributed by atoms with E-state index >= 15 is 0 Å². The van der Waals surface area contributed by atoms with Gasteiger partial charge in [0.1, 0.15) is 6.23 Å². The fourth-order valence-corrected chi connectivity index (χ4v) is 2.29. The number of carbonyl (C=O) groups is 1. The minimum absolute atomic E-state index is 0.0402. The summed E-state index contributed by atoms with van der Waals surface area (Å²) in [5.74, 6) is -11.0. The third-order valence-electron chi connectivity index (χ3n) is 3.30. The maximum atomic E-state index is 13.6. The summed E-state index contributed by atoms with van der Waals surface area (Å²) in [6.07, 6.45) is -1.33. The molecular weight excluding hydrogens is 285 g/mol. The molecule has 1 aromatic carbocycles. The minimum Gasteiger partial charge on any atom is -0.373 e. The maximum absolute atomic E-state index is 13.6. The highest BCUT2D eigenvalue weighted by molar-refractivity contribution is 5.79. The molecule has 20 heavy (non-hydrogen) atoms. The molecule has 1 N–H and O–H groups in total. The van der Waals surface area contributed by atoms with Crippen LogP contribution in [0.1, 0.15) is 31.4 Å². The van der Waals surface area contributed by atoms with E-state index in [9.17, 15) is 31.9 Å². The van der Waals surface area contributed by atoms with Gasteiger partial charge in [-0.2, -0.15) is 0 Å². The van der Waals surface area contributed by atoms with Gasteiger partial charge < -0.3 is 10.0 Å². The Morgan fingerprint density at radius 3 is 1.90 bits per heavy atom. The Balaban J connectivity index is 2.55. The predicted octanol–water partition coefficient (Wildman–Crippen LogP) is 2.38. The molecule has 0 aromatic heterocycles. The maximum Gasteiger partial charge on any atom is 0.225 e. The predicted molar refractivity (Wildman–Crippen MR) is 56.7 cm³/mol. The molecule has 1 aliphatic heterocycles. The van der Waals surface area contributed by atoms with E-state index in [-0.39, 0.29) is 12.8 Å². The van der Waals surface area contributed by atoms with Crippen LogP contribution in [-0.4, -0.2) is 22.1 Å². The smallest absolute Gasteiger partial charge is 0.225 e. The summed E-state index contributed by atoms with van der Waals surface area (Å²) in [6.45, 7) is 1.09. The van der Waals surface area contributed by atoms with E-state index in [1.54, 1.807) is 0 Å². The molecule has 1 fully saturated rings. The SMILES string of the molecule is C[C@@H](c1c(F)c(F)c(F)c(F)c1F)N1C(=O)CCC1O. The summed E-state index contributed by atoms with van der Waals surface area (Å²) in [5.41, 5.74) is -1.13. The summed E-state index contributed by atoms with van der Waals surface area (Å²) in [6, 6.07) is -1.47. The lowest BCUT2D eigenvalue weighted by molar-refractivity contribution is -0.136. The first-order valence-corrected chi connectivity index (χ1v) is 5.78. The molecule has 8 heteroatoms. The largest absolute Gasteiger partial charge is 0.373 e. The van der Waals surface area contributed by atoms with Gasteiger partial charge in [0.25, 0.3) is 0 Å². The van der Waals surface area contributed by atoms with Crippen molar-refractivity contribution in [2.75, 3.05) is 0 Å². The molecule has 0 bridgehead atoms. The van der Waals surface area contributed by atoms with Crippen LogP contribution in [0.3, 0.4) is 0 Å². The monoisotopic (exact) mass is 295 g/mol. The Labute approximate surface area is 110 Å². The topological polar surface area (TPSA) is 40.5 Å². The van der Waals surface area contributed by atoms with Crippen LogP contribution in [0.5, 0.6) is 0 Å². The van der Waals surface area contributed by atoms with E-state index in [0.29, 0.717) is 4.90 Å². The molecule has 1 aromatic rings. The van der Waals surface area contributed by atoms with Crippen LogP contribution >= 0.6 is 0 Å². The van der Waals surface area contributed by atoms with Crippen LogP contribution in [0.2, 0.25) is 0 Å². The zero-order valence-electron chi connectivity index (χ0n) is 10.3. The Morgan fingerprint density at radius 2 is 1.50 bits per heavy atom. The van der Waals surface area contributed by atoms with Crippen molar-refractivity contribution in [2.45, 2.75) is 32.0 Å². The normalized spacial score (nSPS) is 20.6. The lowest BCUT2D eigenvalue weighted by Gasteiger charge is -2.28. The number of carbonyl (C=O) groups excluding carboxylic acids is 1. The van der Waals surface area contributed by atoms with Crippen LogP contribution < -0.4 is 0 Å². The van der Waals surface area contributed by atoms with Crippen molar-refractivity contribution in [1.29, 1.82) is 0 Å². The van der Waals surface area contributed by atoms with Gasteiger partial charge >= 0.3 is 0 Å². The van der Waals surface area contributed by atoms with Crippen molar-refractivity contribution in [3.8, 4) is 0 Å².